The number of piperidine rings is 1. The number of alkyl halides is 1. The van der Waals surface area contributed by atoms with Crippen molar-refractivity contribution in [3.63, 3.8) is 0 Å². The fraction of sp³-hybridized carbons (Fsp3) is 0.450. The van der Waals surface area contributed by atoms with E-state index in [0.29, 0.717) is 19.4 Å². The summed E-state index contributed by atoms with van der Waals surface area (Å²) in [4.78, 5) is 13.5. The zero-order valence-electron chi connectivity index (χ0n) is 15.2. The van der Waals surface area contributed by atoms with Gasteiger partial charge in [-0.25, -0.2) is 4.79 Å². The van der Waals surface area contributed by atoms with E-state index in [9.17, 15) is 9.90 Å². The van der Waals surface area contributed by atoms with Crippen molar-refractivity contribution in [2.24, 2.45) is 5.41 Å². The van der Waals surface area contributed by atoms with Gasteiger partial charge >= 0.3 is 6.09 Å². The first-order valence-electron chi connectivity index (χ1n) is 8.84. The Morgan fingerprint density at radius 2 is 1.96 bits per heavy atom. The molecule has 2 atom stereocenters. The number of likely N-dealkylation sites (tertiary alicyclic amines) is 1. The second-order valence-corrected chi connectivity index (χ2v) is 9.51. The van der Waals surface area contributed by atoms with Crippen LogP contribution in [0.3, 0.4) is 0 Å². The predicted molar refractivity (Wildman–Crippen MR) is 103 cm³/mol. The van der Waals surface area contributed by atoms with Gasteiger partial charge in [-0.1, -0.05) is 48.8 Å². The maximum atomic E-state index is 11.9. The average molecular weight is 419 g/mol. The Balaban J connectivity index is 1.85. The van der Waals surface area contributed by atoms with Gasteiger partial charge in [0.05, 0.1) is 11.4 Å². The van der Waals surface area contributed by atoms with Gasteiger partial charge in [-0.05, 0) is 29.7 Å². The van der Waals surface area contributed by atoms with Crippen molar-refractivity contribution in [2.45, 2.75) is 43.7 Å². The molecular formula is C20H23BrN2O3. The molecule has 138 valence electrons. The van der Waals surface area contributed by atoms with Crippen LogP contribution in [-0.4, -0.2) is 31.7 Å². The minimum Gasteiger partial charge on any atom is -0.479 e. The zero-order valence-corrected chi connectivity index (χ0v) is 16.8. The Morgan fingerprint density at radius 3 is 2.65 bits per heavy atom. The molecule has 1 N–H and O–H groups in total. The fourth-order valence-electron chi connectivity index (χ4n) is 4.22. The van der Waals surface area contributed by atoms with Gasteiger partial charge in [-0.3, -0.25) is 4.90 Å². The minimum absolute atomic E-state index is 0.309. The summed E-state index contributed by atoms with van der Waals surface area (Å²) in [5.41, 5.74) is 1.22. The quantitative estimate of drug-likeness (QED) is 0.484. The SMILES string of the molecule is CC(C)(C)C1(Br)CC2(CCN1C(=O)O)Oc1ccccc1-n1cccc12. The molecule has 0 aliphatic carbocycles. The highest BCUT2D eigenvalue weighted by Gasteiger charge is 2.58. The number of hydrogen-bond acceptors (Lipinski definition) is 2. The molecule has 2 unspecified atom stereocenters. The van der Waals surface area contributed by atoms with Crippen LogP contribution in [0.5, 0.6) is 5.75 Å². The Kier molecular flexibility index (Phi) is 3.71. The first-order valence-corrected chi connectivity index (χ1v) is 9.63. The lowest BCUT2D eigenvalue weighted by atomic mass is 9.73. The number of hydrogen-bond donors (Lipinski definition) is 1. The summed E-state index contributed by atoms with van der Waals surface area (Å²) in [5, 5.41) is 9.79. The molecule has 1 aromatic carbocycles. The van der Waals surface area contributed by atoms with E-state index in [1.165, 1.54) is 4.90 Å². The molecule has 1 fully saturated rings. The van der Waals surface area contributed by atoms with E-state index in [2.05, 4.69) is 53.5 Å². The number of rotatable bonds is 0. The van der Waals surface area contributed by atoms with Crippen molar-refractivity contribution in [1.29, 1.82) is 0 Å². The zero-order chi connectivity index (χ0) is 18.7. The van der Waals surface area contributed by atoms with Crippen LogP contribution in [0, 0.1) is 5.41 Å². The molecule has 0 saturated carbocycles. The van der Waals surface area contributed by atoms with Gasteiger partial charge in [0.2, 0.25) is 0 Å². The third-order valence-corrected chi connectivity index (χ3v) is 7.61. The molecule has 6 heteroatoms. The van der Waals surface area contributed by atoms with E-state index < -0.39 is 16.1 Å². The Hall–Kier alpha value is -1.95. The first-order chi connectivity index (χ1) is 12.2. The molecule has 2 aliphatic heterocycles. The van der Waals surface area contributed by atoms with Gasteiger partial charge < -0.3 is 14.4 Å². The van der Waals surface area contributed by atoms with Gasteiger partial charge in [-0.2, -0.15) is 0 Å². The van der Waals surface area contributed by atoms with Gasteiger partial charge in [0, 0.05) is 25.6 Å². The minimum atomic E-state index is -0.904. The number of ether oxygens (including phenoxy) is 1. The Morgan fingerprint density at radius 1 is 1.23 bits per heavy atom. The smallest absolute Gasteiger partial charge is 0.408 e. The molecule has 4 rings (SSSR count). The van der Waals surface area contributed by atoms with Crippen molar-refractivity contribution in [2.75, 3.05) is 6.54 Å². The lowest BCUT2D eigenvalue weighted by molar-refractivity contribution is -0.0699. The van der Waals surface area contributed by atoms with Crippen molar-refractivity contribution in [3.05, 3.63) is 48.3 Å². The average Bonchev–Trinajstić information content (AvgIpc) is 3.04. The van der Waals surface area contributed by atoms with Crippen LogP contribution in [0.25, 0.3) is 5.69 Å². The highest BCUT2D eigenvalue weighted by atomic mass is 79.9. The number of nitrogens with zero attached hydrogens (tertiary/aromatic N) is 2. The van der Waals surface area contributed by atoms with E-state index in [0.717, 1.165) is 17.1 Å². The molecular weight excluding hydrogens is 396 g/mol. The molecule has 2 aliphatic rings. The van der Waals surface area contributed by atoms with Crippen LogP contribution >= 0.6 is 15.9 Å². The number of fused-ring (bicyclic) bond motifs is 4. The maximum absolute atomic E-state index is 11.9. The molecule has 0 radical (unpaired) electrons. The number of amides is 1. The third kappa shape index (κ3) is 2.31. The van der Waals surface area contributed by atoms with E-state index in [4.69, 9.17) is 4.74 Å². The maximum Gasteiger partial charge on any atom is 0.408 e. The highest BCUT2D eigenvalue weighted by molar-refractivity contribution is 9.10. The Labute approximate surface area is 161 Å². The van der Waals surface area contributed by atoms with Gasteiger partial charge in [-0.15, -0.1) is 0 Å². The second kappa shape index (κ2) is 5.52. The molecule has 5 nitrogen and oxygen atoms in total. The molecule has 1 saturated heterocycles. The molecule has 1 spiro atoms. The summed E-state index contributed by atoms with van der Waals surface area (Å²) in [6.45, 7) is 6.59. The van der Waals surface area contributed by atoms with Crippen LogP contribution in [0.15, 0.2) is 42.6 Å². The molecule has 3 heterocycles. The summed E-state index contributed by atoms with van der Waals surface area (Å²) >= 11 is 3.83. The number of carbonyl (C=O) groups is 1. The largest absolute Gasteiger partial charge is 0.479 e. The number of para-hydroxylation sites is 2. The molecule has 0 bridgehead atoms. The van der Waals surface area contributed by atoms with Crippen molar-refractivity contribution < 1.29 is 14.6 Å². The van der Waals surface area contributed by atoms with Gasteiger partial charge in [0.1, 0.15) is 10.2 Å². The molecule has 1 amide bonds. The number of benzene rings is 1. The van der Waals surface area contributed by atoms with Crippen LogP contribution in [0.1, 0.15) is 39.3 Å². The van der Waals surface area contributed by atoms with Gasteiger partial charge in [0.25, 0.3) is 0 Å². The molecule has 26 heavy (non-hydrogen) atoms. The number of halogens is 1. The van der Waals surface area contributed by atoms with Crippen LogP contribution in [-0.2, 0) is 5.60 Å². The van der Waals surface area contributed by atoms with Crippen molar-refractivity contribution in [3.8, 4) is 11.4 Å². The van der Waals surface area contributed by atoms with Crippen molar-refractivity contribution >= 4 is 22.0 Å². The Bertz CT molecular complexity index is 872. The molecule has 1 aromatic heterocycles. The lowest BCUT2D eigenvalue weighted by Crippen LogP contribution is -2.64. The first kappa shape index (κ1) is 17.5. The van der Waals surface area contributed by atoms with Crippen molar-refractivity contribution in [1.82, 2.24) is 9.47 Å². The van der Waals surface area contributed by atoms with E-state index >= 15 is 0 Å². The van der Waals surface area contributed by atoms with E-state index in [-0.39, 0.29) is 5.41 Å². The number of aromatic nitrogens is 1. The lowest BCUT2D eigenvalue weighted by Gasteiger charge is -2.56. The fourth-order valence-corrected chi connectivity index (χ4v) is 5.00. The summed E-state index contributed by atoms with van der Waals surface area (Å²) < 4.78 is 8.03. The monoisotopic (exact) mass is 418 g/mol. The summed E-state index contributed by atoms with van der Waals surface area (Å²) in [7, 11) is 0. The third-order valence-electron chi connectivity index (χ3n) is 5.71. The summed E-state index contributed by atoms with van der Waals surface area (Å²) in [5.74, 6) is 0.837. The topological polar surface area (TPSA) is 54.7 Å². The van der Waals surface area contributed by atoms with Crippen LogP contribution in [0.4, 0.5) is 4.79 Å². The highest BCUT2D eigenvalue weighted by Crippen LogP contribution is 2.56. The number of carboxylic acid groups (broad SMARTS) is 1. The predicted octanol–water partition coefficient (Wildman–Crippen LogP) is 4.98. The second-order valence-electron chi connectivity index (χ2n) is 8.20. The van der Waals surface area contributed by atoms with E-state index in [1.54, 1.807) is 0 Å². The van der Waals surface area contributed by atoms with Crippen LogP contribution < -0.4 is 4.74 Å². The normalized spacial score (nSPS) is 27.6. The summed E-state index contributed by atoms with van der Waals surface area (Å²) in [6, 6.07) is 12.1. The standard InChI is InChI=1S/C20H23BrN2O3/c1-18(2,3)20(21)13-19(10-12-23(20)17(24)25)16-9-6-11-22(16)14-7-4-5-8-15(14)26-19/h4-9,11H,10,12-13H2,1-3H3,(H,24,25). The van der Waals surface area contributed by atoms with E-state index in [1.807, 2.05) is 30.3 Å². The molecule has 2 aromatic rings. The van der Waals surface area contributed by atoms with Gasteiger partial charge in [0.15, 0.2) is 5.60 Å². The van der Waals surface area contributed by atoms with Crippen LogP contribution in [0.2, 0.25) is 0 Å². The summed E-state index contributed by atoms with van der Waals surface area (Å²) in [6.07, 6.45) is 2.29.